The summed E-state index contributed by atoms with van der Waals surface area (Å²) in [5, 5.41) is 0. The minimum atomic E-state index is -1.49. The minimum Gasteiger partial charge on any atom is -0.369 e. The Bertz CT molecular complexity index is 298. The van der Waals surface area contributed by atoms with Gasteiger partial charge in [0.25, 0.3) is 0 Å². The number of carbonyl (C=O) groups excluding carboxylic acids is 1. The summed E-state index contributed by atoms with van der Waals surface area (Å²) >= 11 is 0. The van der Waals surface area contributed by atoms with Gasteiger partial charge in [0.1, 0.15) is 0 Å². The summed E-state index contributed by atoms with van der Waals surface area (Å²) in [6.07, 6.45) is 0. The normalized spacial score (nSPS) is 27.1. The first-order valence-electron chi connectivity index (χ1n) is 6.61. The Labute approximate surface area is 110 Å². The average Bonchev–Trinajstić information content (AvgIpc) is 1.90. The van der Waals surface area contributed by atoms with Crippen LogP contribution in [0.1, 0.15) is 0 Å². The molecule has 17 heavy (non-hydrogen) atoms. The molecule has 1 rings (SSSR count). The maximum Gasteiger partial charge on any atom is 0.216 e. The van der Waals surface area contributed by atoms with E-state index in [1.165, 1.54) is 0 Å². The molecule has 5 heteroatoms. The predicted octanol–water partition coefficient (Wildman–Crippen LogP) is 3.62. The van der Waals surface area contributed by atoms with Gasteiger partial charge >= 0.3 is 0 Å². The molecule has 0 aromatic heterocycles. The van der Waals surface area contributed by atoms with Gasteiger partial charge in [0, 0.05) is 11.2 Å². The van der Waals surface area contributed by atoms with E-state index in [1.54, 1.807) is 0 Å². The molecule has 2 nitrogen and oxygen atoms in total. The van der Waals surface area contributed by atoms with Crippen LogP contribution >= 0.6 is 0 Å². The van der Waals surface area contributed by atoms with Gasteiger partial charge in [0.2, 0.25) is 5.91 Å². The van der Waals surface area contributed by atoms with E-state index in [4.69, 9.17) is 0 Å². The van der Waals surface area contributed by atoms with Crippen molar-refractivity contribution in [2.75, 3.05) is 0 Å². The Hall–Kier alpha value is 0.121. The third-order valence-electron chi connectivity index (χ3n) is 3.64. The van der Waals surface area contributed by atoms with E-state index in [9.17, 15) is 4.79 Å². The van der Waals surface area contributed by atoms with Gasteiger partial charge in [-0.05, 0) is 0 Å². The van der Waals surface area contributed by atoms with Crippen molar-refractivity contribution in [1.29, 1.82) is 0 Å². The Balaban J connectivity index is 3.12. The third kappa shape index (κ3) is 2.76. The molecule has 0 radical (unpaired) electrons. The number of β-lactam (4-membered cyclic amide) rings is 1. The monoisotopic (exact) mass is 287 g/mol. The molecule has 1 heterocycles. The van der Waals surface area contributed by atoms with Crippen LogP contribution in [0.4, 0.5) is 0 Å². The van der Waals surface area contributed by atoms with E-state index in [0.29, 0.717) is 17.1 Å². The van der Waals surface area contributed by atoms with Gasteiger partial charge < -0.3 is 4.57 Å². The lowest BCUT2D eigenvalue weighted by molar-refractivity contribution is -0.136. The zero-order valence-electron chi connectivity index (χ0n) is 13.0. The molecule has 0 N–H and O–H groups in total. The highest BCUT2D eigenvalue weighted by atomic mass is 28.3. The maximum absolute atomic E-state index is 12.5. The van der Waals surface area contributed by atoms with E-state index >= 15 is 0 Å². The molecule has 0 aromatic carbocycles. The molecule has 1 saturated heterocycles. The molecule has 0 unspecified atom stereocenters. The molecule has 1 aliphatic heterocycles. The Morgan fingerprint density at radius 1 is 0.824 bits per heavy atom. The number of carbonyl (C=O) groups is 1. The molecule has 100 valence electrons. The third-order valence-corrected chi connectivity index (χ3v) is 11.0. The minimum absolute atomic E-state index is 0.390. The van der Waals surface area contributed by atoms with Crippen LogP contribution in [0.25, 0.3) is 0 Å². The summed E-state index contributed by atoms with van der Waals surface area (Å²) in [5.74, 6) is 0.482. The molecule has 1 fully saturated rings. The van der Waals surface area contributed by atoms with Gasteiger partial charge in [-0.25, -0.2) is 0 Å². The Morgan fingerprint density at radius 3 is 1.47 bits per heavy atom. The fourth-order valence-corrected chi connectivity index (χ4v) is 14.4. The lowest BCUT2D eigenvalue weighted by Gasteiger charge is -2.61. The molecular formula is C12H29NOSi3. The number of rotatable bonds is 3. The molecule has 0 aliphatic carbocycles. The Kier molecular flexibility index (Phi) is 3.63. The van der Waals surface area contributed by atoms with Crippen molar-refractivity contribution in [3.05, 3.63) is 0 Å². The summed E-state index contributed by atoms with van der Waals surface area (Å²) in [5.41, 5.74) is 0.995. The summed E-state index contributed by atoms with van der Waals surface area (Å²) in [6, 6.07) is 0. The van der Waals surface area contributed by atoms with Gasteiger partial charge in [-0.15, -0.1) is 0 Å². The number of hydrogen-bond acceptors (Lipinski definition) is 1. The summed E-state index contributed by atoms with van der Waals surface area (Å²) in [7, 11) is -4.14. The van der Waals surface area contributed by atoms with Crippen molar-refractivity contribution in [1.82, 2.24) is 4.57 Å². The van der Waals surface area contributed by atoms with Crippen LogP contribution in [0.2, 0.25) is 64.5 Å². The van der Waals surface area contributed by atoms with Crippen LogP contribution in [0.15, 0.2) is 0 Å². The maximum atomic E-state index is 12.5. The van der Waals surface area contributed by atoms with Gasteiger partial charge in [-0.3, -0.25) is 4.79 Å². The largest absolute Gasteiger partial charge is 0.369 e. The van der Waals surface area contributed by atoms with Crippen LogP contribution in [-0.4, -0.2) is 40.5 Å². The first kappa shape index (κ1) is 15.2. The molecule has 1 aliphatic rings. The van der Waals surface area contributed by atoms with Crippen LogP contribution in [0, 0.1) is 0 Å². The van der Waals surface area contributed by atoms with Crippen molar-refractivity contribution < 1.29 is 4.79 Å². The zero-order chi connectivity index (χ0) is 13.8. The number of amides is 1. The van der Waals surface area contributed by atoms with Crippen LogP contribution < -0.4 is 0 Å². The van der Waals surface area contributed by atoms with Crippen molar-refractivity contribution in [3.8, 4) is 0 Å². The molecule has 0 spiro atoms. The number of nitrogens with zero attached hydrogens (tertiary/aromatic N) is 1. The van der Waals surface area contributed by atoms with Gasteiger partial charge in [-0.2, -0.15) is 0 Å². The fraction of sp³-hybridized carbons (Fsp3) is 0.917. The smallest absolute Gasteiger partial charge is 0.216 e. The zero-order valence-corrected chi connectivity index (χ0v) is 16.0. The van der Waals surface area contributed by atoms with Crippen molar-refractivity contribution in [2.24, 2.45) is 0 Å². The molecule has 1 amide bonds. The van der Waals surface area contributed by atoms with Gasteiger partial charge in [0.15, 0.2) is 8.24 Å². The SMILES string of the molecule is C[Si](C)(C)[C@@H]1C(=O)N([Si](C)(C)C)[C@@H]1[Si](C)(C)C. The highest BCUT2D eigenvalue weighted by molar-refractivity contribution is 6.90. The van der Waals surface area contributed by atoms with E-state index in [2.05, 4.69) is 63.5 Å². The van der Waals surface area contributed by atoms with Gasteiger partial charge in [-0.1, -0.05) is 58.9 Å². The second kappa shape index (κ2) is 4.06. The summed E-state index contributed by atoms with van der Waals surface area (Å²) in [6.45, 7) is 21.2. The van der Waals surface area contributed by atoms with E-state index in [0.717, 1.165) is 0 Å². The van der Waals surface area contributed by atoms with Crippen molar-refractivity contribution in [2.45, 2.75) is 70.1 Å². The van der Waals surface area contributed by atoms with E-state index < -0.39 is 24.4 Å². The quantitative estimate of drug-likeness (QED) is 0.573. The highest BCUT2D eigenvalue weighted by Gasteiger charge is 2.60. The van der Waals surface area contributed by atoms with Crippen LogP contribution in [-0.2, 0) is 4.79 Å². The first-order valence-corrected chi connectivity index (χ1v) is 17.2. The second-order valence-electron chi connectivity index (χ2n) is 8.53. The fourth-order valence-electron chi connectivity index (χ4n) is 2.97. The number of hydrogen-bond donors (Lipinski definition) is 0. The standard InChI is InChI=1S/C12H29NOSi3/c1-15(2,3)10-11(14)13(17(7,8)9)12(10)16(4,5)6/h10,12H,1-9H3/t10-,12-/m1/s1. The molecule has 0 saturated carbocycles. The van der Waals surface area contributed by atoms with Crippen LogP contribution in [0.3, 0.4) is 0 Å². The van der Waals surface area contributed by atoms with E-state index in [1.807, 2.05) is 0 Å². The van der Waals surface area contributed by atoms with E-state index in [-0.39, 0.29) is 0 Å². The Morgan fingerprint density at radius 2 is 1.24 bits per heavy atom. The van der Waals surface area contributed by atoms with Crippen molar-refractivity contribution in [3.63, 3.8) is 0 Å². The topological polar surface area (TPSA) is 20.3 Å². The lowest BCUT2D eigenvalue weighted by Crippen LogP contribution is -2.77. The van der Waals surface area contributed by atoms with Crippen LogP contribution in [0.5, 0.6) is 0 Å². The molecule has 2 atom stereocenters. The molecule has 0 bridgehead atoms. The highest BCUT2D eigenvalue weighted by Crippen LogP contribution is 2.46. The summed E-state index contributed by atoms with van der Waals surface area (Å²) in [4.78, 5) is 12.5. The second-order valence-corrected chi connectivity index (χ2v) is 24.0. The first-order chi connectivity index (χ1) is 7.28. The van der Waals surface area contributed by atoms with Crippen molar-refractivity contribution >= 4 is 30.3 Å². The van der Waals surface area contributed by atoms with Gasteiger partial charge in [0.05, 0.1) is 16.1 Å². The molecular weight excluding hydrogens is 258 g/mol. The average molecular weight is 288 g/mol. The lowest BCUT2D eigenvalue weighted by atomic mass is 10.2. The summed E-state index contributed by atoms with van der Waals surface area (Å²) < 4.78 is 2.32. The molecule has 0 aromatic rings. The predicted molar refractivity (Wildman–Crippen MR) is 84.4 cm³/mol.